The molecule has 0 unspecified atom stereocenters. The molecule has 0 saturated heterocycles. The van der Waals surface area contributed by atoms with Gasteiger partial charge >= 0.3 is 0 Å². The Morgan fingerprint density at radius 1 is 1.36 bits per heavy atom. The molecule has 3 heterocycles. The van der Waals surface area contributed by atoms with Crippen LogP contribution >= 0.6 is 23.1 Å². The standard InChI is InChI=1S/C18H24N6O2S2/c1-12(2)28-18-22-15(19-7-9-26-3)13-11-21-24(16(13)23-18)8-6-20-17(25)14-5-4-10-27-14/h4-5,10-12H,6-9H2,1-3H3,(H,20,25)(H,19,22,23). The minimum atomic E-state index is -0.0703. The van der Waals surface area contributed by atoms with Gasteiger partial charge in [0.2, 0.25) is 0 Å². The SMILES string of the molecule is COCCNc1nc(SC(C)C)nc2c1cnn2CCNC(=O)c1cccs1. The van der Waals surface area contributed by atoms with Crippen LogP contribution < -0.4 is 10.6 Å². The molecule has 28 heavy (non-hydrogen) atoms. The van der Waals surface area contributed by atoms with Gasteiger partial charge in [0.25, 0.3) is 5.91 Å². The Balaban J connectivity index is 1.76. The maximum atomic E-state index is 12.1. The molecule has 8 nitrogen and oxygen atoms in total. The first kappa shape index (κ1) is 20.6. The normalized spacial score (nSPS) is 11.3. The number of anilines is 1. The second kappa shape index (κ2) is 9.85. The Kier molecular flexibility index (Phi) is 7.24. The highest BCUT2D eigenvalue weighted by molar-refractivity contribution is 7.99. The average Bonchev–Trinajstić information content (AvgIpc) is 3.32. The third-order valence-electron chi connectivity index (χ3n) is 3.77. The van der Waals surface area contributed by atoms with Gasteiger partial charge in [-0.3, -0.25) is 4.79 Å². The molecule has 1 amide bonds. The number of rotatable bonds is 10. The second-order valence-corrected chi connectivity index (χ2v) is 8.77. The molecular weight excluding hydrogens is 396 g/mol. The lowest BCUT2D eigenvalue weighted by Gasteiger charge is -2.10. The summed E-state index contributed by atoms with van der Waals surface area (Å²) >= 11 is 3.03. The van der Waals surface area contributed by atoms with E-state index in [2.05, 4.69) is 39.5 Å². The fourth-order valence-electron chi connectivity index (χ4n) is 2.54. The van der Waals surface area contributed by atoms with Crippen LogP contribution in [0.2, 0.25) is 0 Å². The van der Waals surface area contributed by atoms with Crippen molar-refractivity contribution in [2.75, 3.05) is 32.1 Å². The lowest BCUT2D eigenvalue weighted by Crippen LogP contribution is -2.26. The summed E-state index contributed by atoms with van der Waals surface area (Å²) in [6.45, 7) is 6.44. The van der Waals surface area contributed by atoms with E-state index in [-0.39, 0.29) is 5.91 Å². The Labute approximate surface area is 172 Å². The van der Waals surface area contributed by atoms with E-state index in [1.54, 1.807) is 29.8 Å². The van der Waals surface area contributed by atoms with Crippen LogP contribution in [0.3, 0.4) is 0 Å². The molecule has 3 rings (SSSR count). The first-order valence-corrected chi connectivity index (χ1v) is 10.8. The van der Waals surface area contributed by atoms with Gasteiger partial charge in [-0.25, -0.2) is 14.6 Å². The Morgan fingerprint density at radius 2 is 2.21 bits per heavy atom. The van der Waals surface area contributed by atoms with Crippen molar-refractivity contribution in [1.29, 1.82) is 0 Å². The first-order chi connectivity index (χ1) is 13.6. The molecule has 0 aromatic carbocycles. The van der Waals surface area contributed by atoms with Crippen LogP contribution in [0.4, 0.5) is 5.82 Å². The zero-order valence-corrected chi connectivity index (χ0v) is 17.8. The third kappa shape index (κ3) is 5.21. The van der Waals surface area contributed by atoms with E-state index in [0.717, 1.165) is 16.9 Å². The second-order valence-electron chi connectivity index (χ2n) is 6.28. The number of thiophene rings is 1. The van der Waals surface area contributed by atoms with E-state index in [1.165, 1.54) is 11.3 Å². The zero-order valence-electron chi connectivity index (χ0n) is 16.1. The van der Waals surface area contributed by atoms with Crippen LogP contribution in [-0.2, 0) is 11.3 Å². The molecular formula is C18H24N6O2S2. The summed E-state index contributed by atoms with van der Waals surface area (Å²) in [6.07, 6.45) is 1.76. The van der Waals surface area contributed by atoms with Crippen molar-refractivity contribution in [2.45, 2.75) is 30.8 Å². The van der Waals surface area contributed by atoms with Gasteiger partial charge in [0.15, 0.2) is 10.8 Å². The molecule has 0 fully saturated rings. The lowest BCUT2D eigenvalue weighted by atomic mass is 10.4. The largest absolute Gasteiger partial charge is 0.383 e. The van der Waals surface area contributed by atoms with Crippen LogP contribution in [-0.4, -0.2) is 57.7 Å². The number of thioether (sulfide) groups is 1. The molecule has 150 valence electrons. The van der Waals surface area contributed by atoms with Gasteiger partial charge in [0, 0.05) is 25.4 Å². The Hall–Kier alpha value is -2.17. The number of fused-ring (bicyclic) bond motifs is 1. The molecule has 3 aromatic rings. The number of nitrogens with zero attached hydrogens (tertiary/aromatic N) is 4. The van der Waals surface area contributed by atoms with E-state index in [0.29, 0.717) is 41.5 Å². The van der Waals surface area contributed by atoms with E-state index >= 15 is 0 Å². The maximum Gasteiger partial charge on any atom is 0.261 e. The minimum absolute atomic E-state index is 0.0703. The highest BCUT2D eigenvalue weighted by Gasteiger charge is 2.14. The summed E-state index contributed by atoms with van der Waals surface area (Å²) in [5, 5.41) is 14.5. The molecule has 0 aliphatic rings. The van der Waals surface area contributed by atoms with Crippen molar-refractivity contribution in [3.63, 3.8) is 0 Å². The topological polar surface area (TPSA) is 94.0 Å². The number of methoxy groups -OCH3 is 1. The molecule has 10 heteroatoms. The van der Waals surface area contributed by atoms with Crippen molar-refractivity contribution in [2.24, 2.45) is 0 Å². The van der Waals surface area contributed by atoms with Crippen LogP contribution in [0, 0.1) is 0 Å². The van der Waals surface area contributed by atoms with Crippen LogP contribution in [0.25, 0.3) is 11.0 Å². The lowest BCUT2D eigenvalue weighted by molar-refractivity contribution is 0.0956. The third-order valence-corrected chi connectivity index (χ3v) is 5.50. The number of ether oxygens (including phenoxy) is 1. The number of aromatic nitrogens is 4. The van der Waals surface area contributed by atoms with Crippen LogP contribution in [0.15, 0.2) is 28.9 Å². The van der Waals surface area contributed by atoms with Crippen molar-refractivity contribution < 1.29 is 9.53 Å². The smallest absolute Gasteiger partial charge is 0.261 e. The van der Waals surface area contributed by atoms with Crippen LogP contribution in [0.5, 0.6) is 0 Å². The van der Waals surface area contributed by atoms with E-state index in [1.807, 2.05) is 17.5 Å². The summed E-state index contributed by atoms with van der Waals surface area (Å²) in [4.78, 5) is 22.1. The average molecular weight is 421 g/mol. The van der Waals surface area contributed by atoms with Crippen LogP contribution in [0.1, 0.15) is 23.5 Å². The van der Waals surface area contributed by atoms with Gasteiger partial charge in [-0.15, -0.1) is 11.3 Å². The quantitative estimate of drug-likeness (QED) is 0.296. The molecule has 0 aliphatic carbocycles. The van der Waals surface area contributed by atoms with Crippen molar-refractivity contribution in [1.82, 2.24) is 25.1 Å². The number of amides is 1. The summed E-state index contributed by atoms with van der Waals surface area (Å²) < 4.78 is 6.91. The van der Waals surface area contributed by atoms with Crippen molar-refractivity contribution in [3.8, 4) is 0 Å². The Bertz CT molecular complexity index is 910. The van der Waals surface area contributed by atoms with E-state index in [4.69, 9.17) is 4.74 Å². The predicted molar refractivity (Wildman–Crippen MR) is 113 cm³/mol. The van der Waals surface area contributed by atoms with Gasteiger partial charge < -0.3 is 15.4 Å². The van der Waals surface area contributed by atoms with E-state index in [9.17, 15) is 4.79 Å². The first-order valence-electron chi connectivity index (χ1n) is 9.03. The van der Waals surface area contributed by atoms with Gasteiger partial charge in [0.05, 0.1) is 29.6 Å². The highest BCUT2D eigenvalue weighted by Crippen LogP contribution is 2.26. The summed E-state index contributed by atoms with van der Waals surface area (Å²) in [7, 11) is 1.67. The number of carbonyl (C=O) groups is 1. The molecule has 0 spiro atoms. The monoisotopic (exact) mass is 420 g/mol. The molecule has 0 aliphatic heterocycles. The fraction of sp³-hybridized carbons (Fsp3) is 0.444. The molecule has 2 N–H and O–H groups in total. The summed E-state index contributed by atoms with van der Waals surface area (Å²) in [6, 6.07) is 3.67. The van der Waals surface area contributed by atoms with E-state index < -0.39 is 0 Å². The number of hydrogen-bond donors (Lipinski definition) is 2. The molecule has 0 bridgehead atoms. The predicted octanol–water partition coefficient (Wildman–Crippen LogP) is 2.88. The molecule has 0 saturated carbocycles. The molecule has 3 aromatic heterocycles. The summed E-state index contributed by atoms with van der Waals surface area (Å²) in [5.74, 6) is 0.679. The number of carbonyl (C=O) groups excluding carboxylic acids is 1. The minimum Gasteiger partial charge on any atom is -0.383 e. The number of nitrogens with one attached hydrogen (secondary N) is 2. The van der Waals surface area contributed by atoms with Gasteiger partial charge in [0.1, 0.15) is 5.82 Å². The summed E-state index contributed by atoms with van der Waals surface area (Å²) in [5.41, 5.74) is 0.753. The zero-order chi connectivity index (χ0) is 19.9. The fourth-order valence-corrected chi connectivity index (χ4v) is 3.88. The van der Waals surface area contributed by atoms with Crippen molar-refractivity contribution >= 4 is 45.9 Å². The maximum absolute atomic E-state index is 12.1. The Morgan fingerprint density at radius 3 is 2.93 bits per heavy atom. The van der Waals surface area contributed by atoms with Crippen molar-refractivity contribution in [3.05, 3.63) is 28.6 Å². The molecule has 0 radical (unpaired) electrons. The number of hydrogen-bond acceptors (Lipinski definition) is 8. The van der Waals surface area contributed by atoms with Gasteiger partial charge in [-0.2, -0.15) is 5.10 Å². The highest BCUT2D eigenvalue weighted by atomic mass is 32.2. The van der Waals surface area contributed by atoms with Gasteiger partial charge in [-0.05, 0) is 11.4 Å². The molecule has 0 atom stereocenters. The van der Waals surface area contributed by atoms with Gasteiger partial charge in [-0.1, -0.05) is 31.7 Å².